The van der Waals surface area contributed by atoms with Crippen molar-refractivity contribution in [3.8, 4) is 5.75 Å². The van der Waals surface area contributed by atoms with Crippen molar-refractivity contribution in [1.82, 2.24) is 0 Å². The molecule has 0 amide bonds. The molecule has 3 heteroatoms. The molecule has 0 aliphatic rings. The molecule has 1 aromatic carbocycles. The molecule has 3 N–H and O–H groups in total. The highest BCUT2D eigenvalue weighted by atomic mass is 16.6. The second-order valence-electron chi connectivity index (χ2n) is 5.17. The number of aryl methyl sites for hydroxylation is 1. The molecule has 0 fully saturated rings. The molecule has 90 valence electrons. The Labute approximate surface area is 97.2 Å². The van der Waals surface area contributed by atoms with Crippen LogP contribution in [0.2, 0.25) is 0 Å². The Bertz CT molecular complexity index is 367. The Morgan fingerprint density at radius 3 is 2.44 bits per heavy atom. The summed E-state index contributed by atoms with van der Waals surface area (Å²) in [5.41, 5.74) is 3.15. The lowest BCUT2D eigenvalue weighted by atomic mass is 9.84. The Kier molecular flexibility index (Phi) is 3.94. The van der Waals surface area contributed by atoms with Crippen LogP contribution in [0.1, 0.15) is 37.5 Å². The van der Waals surface area contributed by atoms with Crippen LogP contribution in [0.25, 0.3) is 0 Å². The van der Waals surface area contributed by atoms with Crippen molar-refractivity contribution in [1.29, 1.82) is 0 Å². The van der Waals surface area contributed by atoms with Gasteiger partial charge in [-0.2, -0.15) is 0 Å². The number of hydrogen-bond donors (Lipinski definition) is 2. The van der Waals surface area contributed by atoms with E-state index in [1.54, 1.807) is 0 Å². The summed E-state index contributed by atoms with van der Waals surface area (Å²) in [4.78, 5) is 4.59. The summed E-state index contributed by atoms with van der Waals surface area (Å²) in [6.07, 6.45) is 0.770. The summed E-state index contributed by atoms with van der Waals surface area (Å²) in [6, 6.07) is 3.86. The molecule has 0 aliphatic heterocycles. The van der Waals surface area contributed by atoms with E-state index in [2.05, 4.69) is 25.6 Å². The van der Waals surface area contributed by atoms with Crippen molar-refractivity contribution in [2.45, 2.75) is 39.5 Å². The van der Waals surface area contributed by atoms with Crippen LogP contribution >= 0.6 is 0 Å². The van der Waals surface area contributed by atoms with Crippen LogP contribution < -0.4 is 5.90 Å². The molecule has 0 bridgehead atoms. The number of phenolic OH excluding ortho intramolecular Hbond substituents is 1. The van der Waals surface area contributed by atoms with E-state index >= 15 is 0 Å². The molecular weight excluding hydrogens is 202 g/mol. The number of rotatable bonds is 3. The first-order chi connectivity index (χ1) is 7.36. The van der Waals surface area contributed by atoms with E-state index in [1.165, 1.54) is 5.56 Å². The fourth-order valence-corrected chi connectivity index (χ4v) is 1.78. The standard InChI is InChI=1S/C13H21NO2/c1-9-7-12(15)11(13(2,3)4)8-10(9)5-6-16-14/h7-8,15H,5-6,14H2,1-4H3. The van der Waals surface area contributed by atoms with E-state index in [4.69, 9.17) is 5.90 Å². The zero-order valence-corrected chi connectivity index (χ0v) is 10.5. The van der Waals surface area contributed by atoms with Gasteiger partial charge in [0, 0.05) is 0 Å². The van der Waals surface area contributed by atoms with Crippen LogP contribution in [0.5, 0.6) is 5.75 Å². The van der Waals surface area contributed by atoms with Gasteiger partial charge in [0.15, 0.2) is 0 Å². The topological polar surface area (TPSA) is 55.5 Å². The Morgan fingerprint density at radius 2 is 1.94 bits per heavy atom. The van der Waals surface area contributed by atoms with E-state index in [0.717, 1.165) is 17.5 Å². The van der Waals surface area contributed by atoms with E-state index in [1.807, 2.05) is 19.1 Å². The van der Waals surface area contributed by atoms with Crippen LogP contribution in [0.3, 0.4) is 0 Å². The highest BCUT2D eigenvalue weighted by Gasteiger charge is 2.19. The normalized spacial score (nSPS) is 11.8. The van der Waals surface area contributed by atoms with Crippen LogP contribution in [0.4, 0.5) is 0 Å². The van der Waals surface area contributed by atoms with Crippen molar-refractivity contribution >= 4 is 0 Å². The van der Waals surface area contributed by atoms with E-state index in [0.29, 0.717) is 12.4 Å². The van der Waals surface area contributed by atoms with Gasteiger partial charge in [-0.15, -0.1) is 0 Å². The summed E-state index contributed by atoms with van der Waals surface area (Å²) < 4.78 is 0. The molecule has 0 aliphatic carbocycles. The van der Waals surface area contributed by atoms with Crippen molar-refractivity contribution in [2.75, 3.05) is 6.61 Å². The van der Waals surface area contributed by atoms with Gasteiger partial charge in [0.2, 0.25) is 0 Å². The average Bonchev–Trinajstić information content (AvgIpc) is 2.14. The van der Waals surface area contributed by atoms with Gasteiger partial charge in [0.1, 0.15) is 5.75 Å². The third-order valence-corrected chi connectivity index (χ3v) is 2.75. The third-order valence-electron chi connectivity index (χ3n) is 2.75. The van der Waals surface area contributed by atoms with Gasteiger partial charge >= 0.3 is 0 Å². The molecule has 0 spiro atoms. The Balaban J connectivity index is 3.11. The molecule has 3 nitrogen and oxygen atoms in total. The average molecular weight is 223 g/mol. The molecule has 0 saturated heterocycles. The number of phenols is 1. The third kappa shape index (κ3) is 2.97. The number of benzene rings is 1. The quantitative estimate of drug-likeness (QED) is 0.774. The van der Waals surface area contributed by atoms with E-state index < -0.39 is 0 Å². The molecule has 0 radical (unpaired) electrons. The largest absolute Gasteiger partial charge is 0.508 e. The number of nitrogens with two attached hydrogens (primary N) is 1. The summed E-state index contributed by atoms with van der Waals surface area (Å²) in [7, 11) is 0. The number of hydrogen-bond acceptors (Lipinski definition) is 3. The molecule has 16 heavy (non-hydrogen) atoms. The van der Waals surface area contributed by atoms with Crippen molar-refractivity contribution < 1.29 is 9.94 Å². The van der Waals surface area contributed by atoms with Crippen LogP contribution in [0, 0.1) is 6.92 Å². The smallest absolute Gasteiger partial charge is 0.119 e. The van der Waals surface area contributed by atoms with Gasteiger partial charge < -0.3 is 9.94 Å². The summed E-state index contributed by atoms with van der Waals surface area (Å²) >= 11 is 0. The summed E-state index contributed by atoms with van der Waals surface area (Å²) in [5, 5.41) is 9.92. The van der Waals surface area contributed by atoms with Gasteiger partial charge in [-0.25, -0.2) is 5.90 Å². The summed E-state index contributed by atoms with van der Waals surface area (Å²) in [6.45, 7) is 8.73. The zero-order chi connectivity index (χ0) is 12.3. The van der Waals surface area contributed by atoms with Gasteiger partial charge in [-0.1, -0.05) is 26.8 Å². The van der Waals surface area contributed by atoms with Crippen LogP contribution in [-0.4, -0.2) is 11.7 Å². The predicted molar refractivity (Wildman–Crippen MR) is 65.4 cm³/mol. The van der Waals surface area contributed by atoms with Crippen molar-refractivity contribution in [2.24, 2.45) is 5.90 Å². The molecular formula is C13H21NO2. The molecule has 1 rings (SSSR count). The minimum atomic E-state index is -0.0594. The molecule has 0 unspecified atom stereocenters. The lowest BCUT2D eigenvalue weighted by Crippen LogP contribution is -2.13. The highest BCUT2D eigenvalue weighted by Crippen LogP contribution is 2.32. The first-order valence-electron chi connectivity index (χ1n) is 5.51. The minimum absolute atomic E-state index is 0.0594. The Hall–Kier alpha value is -1.06. The first kappa shape index (κ1) is 13.0. The molecule has 1 aromatic rings. The number of aromatic hydroxyl groups is 1. The maximum atomic E-state index is 9.92. The van der Waals surface area contributed by atoms with Gasteiger partial charge in [-0.05, 0) is 41.5 Å². The molecule has 0 heterocycles. The fourth-order valence-electron chi connectivity index (χ4n) is 1.78. The van der Waals surface area contributed by atoms with Gasteiger partial charge in [0.25, 0.3) is 0 Å². The second-order valence-corrected chi connectivity index (χ2v) is 5.17. The maximum absolute atomic E-state index is 9.92. The predicted octanol–water partition coefficient (Wildman–Crippen LogP) is 2.43. The van der Waals surface area contributed by atoms with Crippen LogP contribution in [-0.2, 0) is 16.7 Å². The van der Waals surface area contributed by atoms with Gasteiger partial charge in [0.05, 0.1) is 6.61 Å². The Morgan fingerprint density at radius 1 is 1.31 bits per heavy atom. The fraction of sp³-hybridized carbons (Fsp3) is 0.538. The van der Waals surface area contributed by atoms with Crippen molar-refractivity contribution in [3.63, 3.8) is 0 Å². The molecule has 0 aromatic heterocycles. The minimum Gasteiger partial charge on any atom is -0.508 e. The SMILES string of the molecule is Cc1cc(O)c(C(C)(C)C)cc1CCON. The first-order valence-corrected chi connectivity index (χ1v) is 5.51. The van der Waals surface area contributed by atoms with E-state index in [9.17, 15) is 5.11 Å². The second kappa shape index (κ2) is 4.85. The van der Waals surface area contributed by atoms with Crippen molar-refractivity contribution in [3.05, 3.63) is 28.8 Å². The zero-order valence-electron chi connectivity index (χ0n) is 10.5. The van der Waals surface area contributed by atoms with E-state index in [-0.39, 0.29) is 5.41 Å². The van der Waals surface area contributed by atoms with Crippen LogP contribution in [0.15, 0.2) is 12.1 Å². The lowest BCUT2D eigenvalue weighted by Gasteiger charge is -2.22. The lowest BCUT2D eigenvalue weighted by molar-refractivity contribution is 0.141. The summed E-state index contributed by atoms with van der Waals surface area (Å²) in [5.74, 6) is 5.39. The monoisotopic (exact) mass is 223 g/mol. The molecule has 0 saturated carbocycles. The highest BCUT2D eigenvalue weighted by molar-refractivity contribution is 5.44. The molecule has 0 atom stereocenters. The maximum Gasteiger partial charge on any atom is 0.119 e. The van der Waals surface area contributed by atoms with Gasteiger partial charge in [-0.3, -0.25) is 0 Å².